The van der Waals surface area contributed by atoms with Gasteiger partial charge in [-0.2, -0.15) is 0 Å². The minimum absolute atomic E-state index is 0.0559. The predicted octanol–water partition coefficient (Wildman–Crippen LogP) is 2.96. The summed E-state index contributed by atoms with van der Waals surface area (Å²) in [7, 11) is 1.81. The monoisotopic (exact) mass is 455 g/mol. The number of rotatable bonds is 7. The van der Waals surface area contributed by atoms with Crippen LogP contribution < -0.4 is 4.74 Å². The van der Waals surface area contributed by atoms with Gasteiger partial charge in [-0.05, 0) is 37.7 Å². The molecule has 7 nitrogen and oxygen atoms in total. The molecule has 1 saturated carbocycles. The zero-order chi connectivity index (χ0) is 24.1. The van der Waals surface area contributed by atoms with Gasteiger partial charge >= 0.3 is 0 Å². The molecule has 0 aromatic carbocycles. The SMILES string of the molecule is CC(C)CC#Cc1cnc2c(c1)C(=O)N([C@@H](C)CO)C[C@H](C)[C@@H](CN(C)C(=O)CC1CC1)O2. The Bertz CT molecular complexity index is 916. The molecule has 1 aliphatic carbocycles. The zero-order valence-corrected chi connectivity index (χ0v) is 20.5. The highest BCUT2D eigenvalue weighted by atomic mass is 16.5. The van der Waals surface area contributed by atoms with E-state index in [0.717, 1.165) is 19.3 Å². The van der Waals surface area contributed by atoms with Crippen LogP contribution in [-0.2, 0) is 4.79 Å². The largest absolute Gasteiger partial charge is 0.472 e. The highest BCUT2D eigenvalue weighted by Gasteiger charge is 2.35. The lowest BCUT2D eigenvalue weighted by Crippen LogP contribution is -2.50. The first kappa shape index (κ1) is 25.0. The number of fused-ring (bicyclic) bond motifs is 1. The number of pyridine rings is 1. The molecule has 0 spiro atoms. The van der Waals surface area contributed by atoms with Crippen molar-refractivity contribution in [2.75, 3.05) is 26.7 Å². The average molecular weight is 456 g/mol. The van der Waals surface area contributed by atoms with E-state index in [9.17, 15) is 14.7 Å². The van der Waals surface area contributed by atoms with Gasteiger partial charge in [0.1, 0.15) is 11.7 Å². The van der Waals surface area contributed by atoms with E-state index in [-0.39, 0.29) is 42.4 Å². The third-order valence-electron chi connectivity index (χ3n) is 6.30. The fraction of sp³-hybridized carbons (Fsp3) is 0.654. The van der Waals surface area contributed by atoms with Crippen molar-refractivity contribution in [1.29, 1.82) is 0 Å². The van der Waals surface area contributed by atoms with Gasteiger partial charge in [0.15, 0.2) is 0 Å². The second-order valence-corrected chi connectivity index (χ2v) is 10.0. The minimum atomic E-state index is -0.351. The molecule has 2 aliphatic rings. The molecular formula is C26H37N3O4. The van der Waals surface area contributed by atoms with Crippen LogP contribution in [0, 0.1) is 29.6 Å². The standard InChI is InChI=1S/C26H37N3O4/c1-17(2)7-6-8-21-11-22-25(27-13-21)33-23(15-28(5)24(31)12-20-9-10-20)18(3)14-29(26(22)32)19(4)16-30/h11,13,17-20,23,30H,7,9-10,12,14-16H2,1-5H3/t18-,19-,23+/m0/s1. The Labute approximate surface area is 197 Å². The van der Waals surface area contributed by atoms with Crippen LogP contribution in [-0.4, -0.2) is 70.6 Å². The van der Waals surface area contributed by atoms with Gasteiger partial charge in [-0.25, -0.2) is 4.98 Å². The Morgan fingerprint density at radius 2 is 2.09 bits per heavy atom. The number of likely N-dealkylation sites (N-methyl/N-ethyl adjacent to an activating group) is 1. The summed E-state index contributed by atoms with van der Waals surface area (Å²) >= 11 is 0. The maximum atomic E-state index is 13.4. The Kier molecular flexibility index (Phi) is 8.36. The Morgan fingerprint density at radius 1 is 1.36 bits per heavy atom. The number of carbonyl (C=O) groups excluding carboxylic acids is 2. The first-order valence-electron chi connectivity index (χ1n) is 12.0. The molecule has 0 bridgehead atoms. The number of aliphatic hydroxyl groups excluding tert-OH is 1. The Balaban J connectivity index is 1.89. The Morgan fingerprint density at radius 3 is 2.73 bits per heavy atom. The minimum Gasteiger partial charge on any atom is -0.472 e. The van der Waals surface area contributed by atoms with Gasteiger partial charge in [0, 0.05) is 44.1 Å². The van der Waals surface area contributed by atoms with E-state index in [1.54, 1.807) is 29.1 Å². The lowest BCUT2D eigenvalue weighted by atomic mass is 9.99. The van der Waals surface area contributed by atoms with Crippen molar-refractivity contribution in [1.82, 2.24) is 14.8 Å². The molecule has 0 radical (unpaired) electrons. The smallest absolute Gasteiger partial charge is 0.259 e. The summed E-state index contributed by atoms with van der Waals surface area (Å²) in [6.45, 7) is 8.73. The normalized spacial score (nSPS) is 21.3. The number of carbonyl (C=O) groups is 2. The third kappa shape index (κ3) is 6.70. The topological polar surface area (TPSA) is 83.0 Å². The number of amides is 2. The first-order chi connectivity index (χ1) is 15.7. The summed E-state index contributed by atoms with van der Waals surface area (Å²) in [5.74, 6) is 7.30. The molecule has 33 heavy (non-hydrogen) atoms. The number of hydrogen-bond acceptors (Lipinski definition) is 5. The van der Waals surface area contributed by atoms with E-state index in [1.807, 2.05) is 13.8 Å². The van der Waals surface area contributed by atoms with Crippen molar-refractivity contribution in [3.8, 4) is 17.7 Å². The highest BCUT2D eigenvalue weighted by Crippen LogP contribution is 2.33. The van der Waals surface area contributed by atoms with E-state index in [0.29, 0.717) is 42.5 Å². The summed E-state index contributed by atoms with van der Waals surface area (Å²) in [6, 6.07) is 1.38. The van der Waals surface area contributed by atoms with E-state index in [2.05, 4.69) is 30.7 Å². The summed E-state index contributed by atoms with van der Waals surface area (Å²) < 4.78 is 6.26. The van der Waals surface area contributed by atoms with Crippen LogP contribution in [0.4, 0.5) is 0 Å². The van der Waals surface area contributed by atoms with Crippen LogP contribution in [0.5, 0.6) is 5.88 Å². The Hall–Kier alpha value is -2.59. The van der Waals surface area contributed by atoms with E-state index < -0.39 is 0 Å². The molecule has 3 atom stereocenters. The number of hydrogen-bond donors (Lipinski definition) is 1. The van der Waals surface area contributed by atoms with Gasteiger partial charge in [-0.3, -0.25) is 9.59 Å². The van der Waals surface area contributed by atoms with Gasteiger partial charge in [0.25, 0.3) is 5.91 Å². The van der Waals surface area contributed by atoms with Crippen molar-refractivity contribution >= 4 is 11.8 Å². The number of aliphatic hydroxyl groups is 1. The van der Waals surface area contributed by atoms with E-state index in [4.69, 9.17) is 4.74 Å². The third-order valence-corrected chi connectivity index (χ3v) is 6.30. The first-order valence-corrected chi connectivity index (χ1v) is 12.0. The van der Waals surface area contributed by atoms with Crippen molar-refractivity contribution in [2.45, 2.75) is 65.5 Å². The van der Waals surface area contributed by atoms with Gasteiger partial charge in [-0.15, -0.1) is 0 Å². The summed E-state index contributed by atoms with van der Waals surface area (Å²) in [5.41, 5.74) is 1.00. The summed E-state index contributed by atoms with van der Waals surface area (Å²) in [6.07, 6.45) is 4.90. The lowest BCUT2D eigenvalue weighted by molar-refractivity contribution is -0.131. The highest BCUT2D eigenvalue weighted by molar-refractivity contribution is 5.97. The van der Waals surface area contributed by atoms with Crippen molar-refractivity contribution < 1.29 is 19.4 Å². The van der Waals surface area contributed by atoms with Gasteiger partial charge in [0.05, 0.1) is 19.2 Å². The van der Waals surface area contributed by atoms with E-state index in [1.165, 1.54) is 0 Å². The molecule has 1 aromatic rings. The maximum absolute atomic E-state index is 13.4. The van der Waals surface area contributed by atoms with Crippen LogP contribution in [0.2, 0.25) is 0 Å². The quantitative estimate of drug-likeness (QED) is 0.639. The molecule has 1 aromatic heterocycles. The van der Waals surface area contributed by atoms with Crippen LogP contribution in [0.1, 0.15) is 69.3 Å². The van der Waals surface area contributed by atoms with Crippen LogP contribution >= 0.6 is 0 Å². The van der Waals surface area contributed by atoms with Gasteiger partial charge in [0.2, 0.25) is 11.8 Å². The van der Waals surface area contributed by atoms with Crippen molar-refractivity contribution in [2.24, 2.45) is 17.8 Å². The van der Waals surface area contributed by atoms with Crippen LogP contribution in [0.3, 0.4) is 0 Å². The van der Waals surface area contributed by atoms with Crippen molar-refractivity contribution in [3.05, 3.63) is 23.4 Å². The van der Waals surface area contributed by atoms with E-state index >= 15 is 0 Å². The second-order valence-electron chi connectivity index (χ2n) is 10.0. The molecule has 2 heterocycles. The lowest BCUT2D eigenvalue weighted by Gasteiger charge is -2.37. The van der Waals surface area contributed by atoms with Gasteiger partial charge < -0.3 is 19.6 Å². The second kappa shape index (κ2) is 11.0. The van der Waals surface area contributed by atoms with Crippen molar-refractivity contribution in [3.63, 3.8) is 0 Å². The summed E-state index contributed by atoms with van der Waals surface area (Å²) in [4.78, 5) is 33.9. The summed E-state index contributed by atoms with van der Waals surface area (Å²) in [5, 5.41) is 9.78. The number of aromatic nitrogens is 1. The molecule has 0 saturated heterocycles. The predicted molar refractivity (Wildman–Crippen MR) is 127 cm³/mol. The molecule has 1 N–H and O–H groups in total. The molecular weight excluding hydrogens is 418 g/mol. The molecule has 1 fully saturated rings. The van der Waals surface area contributed by atoms with Crippen LogP contribution in [0.15, 0.2) is 12.3 Å². The molecule has 7 heteroatoms. The fourth-order valence-corrected chi connectivity index (χ4v) is 3.84. The molecule has 2 amide bonds. The zero-order valence-electron chi connectivity index (χ0n) is 20.5. The fourth-order valence-electron chi connectivity index (χ4n) is 3.84. The molecule has 180 valence electrons. The van der Waals surface area contributed by atoms with Crippen LogP contribution in [0.25, 0.3) is 0 Å². The van der Waals surface area contributed by atoms with Gasteiger partial charge in [-0.1, -0.05) is 32.6 Å². The molecule has 1 aliphatic heterocycles. The number of nitrogens with zero attached hydrogens (tertiary/aromatic N) is 3. The maximum Gasteiger partial charge on any atom is 0.259 e. The number of ether oxygens (including phenoxy) is 1. The molecule has 0 unspecified atom stereocenters. The average Bonchev–Trinajstić information content (AvgIpc) is 3.59. The molecule has 3 rings (SSSR count).